The summed E-state index contributed by atoms with van der Waals surface area (Å²) in [6.45, 7) is 6.97. The van der Waals surface area contributed by atoms with Gasteiger partial charge in [0.2, 0.25) is 0 Å². The van der Waals surface area contributed by atoms with Gasteiger partial charge in [-0.1, -0.05) is 42.3 Å². The first-order valence-corrected chi connectivity index (χ1v) is 8.45. The second kappa shape index (κ2) is 4.57. The molecular weight excluding hydrogens is 304 g/mol. The molecule has 0 N–H and O–H groups in total. The molecule has 2 nitrogen and oxygen atoms in total. The third kappa shape index (κ3) is 1.74. The van der Waals surface area contributed by atoms with Crippen LogP contribution in [0.3, 0.4) is 0 Å². The van der Waals surface area contributed by atoms with Crippen molar-refractivity contribution in [3.8, 4) is 0 Å². The second-order valence-corrected chi connectivity index (χ2v) is 7.48. The minimum absolute atomic E-state index is 0.0306. The summed E-state index contributed by atoms with van der Waals surface area (Å²) in [5.74, 6) is 1.95. The Morgan fingerprint density at radius 2 is 2.16 bits per heavy atom. The molecule has 0 aromatic carbocycles. The van der Waals surface area contributed by atoms with Gasteiger partial charge in [-0.25, -0.2) is 0 Å². The van der Waals surface area contributed by atoms with E-state index in [2.05, 4.69) is 41.7 Å². The summed E-state index contributed by atoms with van der Waals surface area (Å²) in [5, 5.41) is 0. The minimum atomic E-state index is -0.386. The van der Waals surface area contributed by atoms with Gasteiger partial charge in [0.05, 0.1) is 5.60 Å². The normalized spacial score (nSPS) is 51.1. The van der Waals surface area contributed by atoms with E-state index in [1.54, 1.807) is 0 Å². The molecule has 0 radical (unpaired) electrons. The first kappa shape index (κ1) is 14.1. The van der Waals surface area contributed by atoms with Crippen molar-refractivity contribution in [2.75, 3.05) is 7.11 Å². The van der Waals surface area contributed by atoms with Crippen molar-refractivity contribution in [3.05, 3.63) is 10.6 Å². The summed E-state index contributed by atoms with van der Waals surface area (Å²) in [4.78, 5) is 2.14. The average Bonchev–Trinajstić information content (AvgIpc) is 2.87. The van der Waals surface area contributed by atoms with E-state index in [1.807, 2.05) is 7.11 Å². The zero-order chi connectivity index (χ0) is 13.8. The van der Waals surface area contributed by atoms with Crippen molar-refractivity contribution in [2.45, 2.75) is 57.8 Å². The molecule has 3 fully saturated rings. The predicted molar refractivity (Wildman–Crippen MR) is 80.0 cm³/mol. The van der Waals surface area contributed by atoms with E-state index in [0.29, 0.717) is 23.7 Å². The summed E-state index contributed by atoms with van der Waals surface area (Å²) in [5.41, 5.74) is 1.53. The highest BCUT2D eigenvalue weighted by Crippen LogP contribution is 2.65. The number of hydrogen-bond acceptors (Lipinski definition) is 2. The Bertz CT molecular complexity index is 406. The summed E-state index contributed by atoms with van der Waals surface area (Å²) in [6, 6.07) is 0. The maximum atomic E-state index is 6.68. The van der Waals surface area contributed by atoms with E-state index in [1.165, 1.54) is 18.4 Å². The molecule has 2 bridgehead atoms. The molecule has 0 aromatic heterocycles. The van der Waals surface area contributed by atoms with Gasteiger partial charge in [-0.2, -0.15) is 0 Å². The van der Waals surface area contributed by atoms with Gasteiger partial charge < -0.3 is 9.47 Å². The first-order chi connectivity index (χ1) is 8.99. The summed E-state index contributed by atoms with van der Waals surface area (Å²) < 4.78 is 12.6. The fraction of sp³-hybridized carbons (Fsp3) is 0.875. The highest BCUT2D eigenvalue weighted by Gasteiger charge is 2.67. The number of methoxy groups -OCH3 is 1. The Balaban J connectivity index is 2.08. The lowest BCUT2D eigenvalue weighted by atomic mass is 9.77. The van der Waals surface area contributed by atoms with Crippen molar-refractivity contribution < 1.29 is 9.47 Å². The Labute approximate surface area is 125 Å². The first-order valence-electron chi connectivity index (χ1n) is 7.53. The molecule has 1 saturated carbocycles. The zero-order valence-corrected chi connectivity index (χ0v) is 14.0. The van der Waals surface area contributed by atoms with E-state index in [9.17, 15) is 0 Å². The van der Waals surface area contributed by atoms with E-state index >= 15 is 0 Å². The van der Waals surface area contributed by atoms with Crippen LogP contribution in [0.1, 0.15) is 46.5 Å². The molecule has 3 heteroatoms. The number of rotatable bonds is 2. The van der Waals surface area contributed by atoms with Gasteiger partial charge in [-0.3, -0.25) is 0 Å². The molecule has 1 aliphatic carbocycles. The predicted octanol–water partition coefficient (Wildman–Crippen LogP) is 4.49. The number of ether oxygens (including phenoxy) is 2. The van der Waals surface area contributed by atoms with Crippen molar-refractivity contribution in [1.82, 2.24) is 0 Å². The maximum Gasteiger partial charge on any atom is 0.175 e. The third-order valence-electron chi connectivity index (χ3n) is 5.97. The van der Waals surface area contributed by atoms with Crippen LogP contribution >= 0.6 is 15.9 Å². The van der Waals surface area contributed by atoms with Crippen molar-refractivity contribution in [1.29, 1.82) is 0 Å². The topological polar surface area (TPSA) is 18.5 Å². The molecule has 2 heterocycles. The van der Waals surface area contributed by atoms with Crippen LogP contribution in [0.5, 0.6) is 0 Å². The van der Waals surface area contributed by atoms with Crippen LogP contribution in [0.15, 0.2) is 10.6 Å². The van der Waals surface area contributed by atoms with E-state index in [0.717, 1.165) is 12.8 Å². The SMILES string of the molecule is COC12C/C(=C\Br)C3CCC(C)C3(CC1C(C)C)O2. The van der Waals surface area contributed by atoms with Gasteiger partial charge in [0.25, 0.3) is 0 Å². The summed E-state index contributed by atoms with van der Waals surface area (Å²) >= 11 is 3.58. The third-order valence-corrected chi connectivity index (χ3v) is 6.56. The molecule has 3 aliphatic rings. The number of fused-ring (bicyclic) bond motifs is 1. The molecule has 0 aromatic rings. The molecular formula is C16H25BrO2. The lowest BCUT2D eigenvalue weighted by Crippen LogP contribution is -2.49. The molecule has 2 aliphatic heterocycles. The molecule has 108 valence electrons. The van der Waals surface area contributed by atoms with Gasteiger partial charge in [-0.05, 0) is 36.1 Å². The van der Waals surface area contributed by atoms with Crippen LogP contribution in [0.25, 0.3) is 0 Å². The average molecular weight is 329 g/mol. The van der Waals surface area contributed by atoms with Gasteiger partial charge in [0.15, 0.2) is 5.79 Å². The van der Waals surface area contributed by atoms with Crippen LogP contribution in [-0.2, 0) is 9.47 Å². The molecule has 5 atom stereocenters. The van der Waals surface area contributed by atoms with Gasteiger partial charge >= 0.3 is 0 Å². The van der Waals surface area contributed by atoms with Crippen molar-refractivity contribution >= 4 is 15.9 Å². The molecule has 3 rings (SSSR count). The molecule has 2 saturated heterocycles. The van der Waals surface area contributed by atoms with Crippen LogP contribution in [0.2, 0.25) is 0 Å². The lowest BCUT2D eigenvalue weighted by molar-refractivity contribution is -0.282. The van der Waals surface area contributed by atoms with E-state index in [4.69, 9.17) is 9.47 Å². The van der Waals surface area contributed by atoms with Crippen LogP contribution in [0.4, 0.5) is 0 Å². The Kier molecular flexibility index (Phi) is 3.39. The Morgan fingerprint density at radius 3 is 2.74 bits per heavy atom. The Hall–Kier alpha value is 0.140. The summed E-state index contributed by atoms with van der Waals surface area (Å²) in [7, 11) is 1.82. The van der Waals surface area contributed by atoms with Crippen LogP contribution in [-0.4, -0.2) is 18.5 Å². The zero-order valence-electron chi connectivity index (χ0n) is 12.4. The molecule has 1 spiro atoms. The van der Waals surface area contributed by atoms with E-state index in [-0.39, 0.29) is 11.4 Å². The van der Waals surface area contributed by atoms with Gasteiger partial charge in [0.1, 0.15) is 0 Å². The molecule has 0 amide bonds. The monoisotopic (exact) mass is 328 g/mol. The van der Waals surface area contributed by atoms with Crippen molar-refractivity contribution in [2.24, 2.45) is 23.7 Å². The van der Waals surface area contributed by atoms with Crippen LogP contribution in [0, 0.1) is 23.7 Å². The fourth-order valence-electron chi connectivity index (χ4n) is 4.90. The smallest absolute Gasteiger partial charge is 0.175 e. The number of hydrogen-bond donors (Lipinski definition) is 0. The van der Waals surface area contributed by atoms with Crippen LogP contribution < -0.4 is 0 Å². The molecule has 19 heavy (non-hydrogen) atoms. The van der Waals surface area contributed by atoms with Gasteiger partial charge in [-0.15, -0.1) is 0 Å². The quantitative estimate of drug-likeness (QED) is 0.743. The maximum absolute atomic E-state index is 6.68. The molecule has 5 unspecified atom stereocenters. The fourth-order valence-corrected chi connectivity index (χ4v) is 5.38. The Morgan fingerprint density at radius 1 is 1.42 bits per heavy atom. The highest BCUT2D eigenvalue weighted by molar-refractivity contribution is 9.11. The standard InChI is InChI=1S/C16H25BrO2/c1-10(2)14-8-15-11(3)5-6-13(15)12(9-17)7-16(14,18-4)19-15/h9-11,13-14H,5-8H2,1-4H3/b12-9+. The summed E-state index contributed by atoms with van der Waals surface area (Å²) in [6.07, 6.45) is 4.63. The van der Waals surface area contributed by atoms with Crippen molar-refractivity contribution in [3.63, 3.8) is 0 Å². The minimum Gasteiger partial charge on any atom is -0.353 e. The van der Waals surface area contributed by atoms with Gasteiger partial charge in [0, 0.05) is 25.4 Å². The highest BCUT2D eigenvalue weighted by atomic mass is 79.9. The number of halogens is 1. The van der Waals surface area contributed by atoms with E-state index < -0.39 is 0 Å². The largest absolute Gasteiger partial charge is 0.353 e. The second-order valence-electron chi connectivity index (χ2n) is 7.02. The lowest BCUT2D eigenvalue weighted by Gasteiger charge is -2.45.